The van der Waals surface area contributed by atoms with Crippen molar-refractivity contribution in [2.24, 2.45) is 5.73 Å². The summed E-state index contributed by atoms with van der Waals surface area (Å²) in [5.41, 5.74) is 7.18. The molecular formula is C26H36N6O6S. The van der Waals surface area contributed by atoms with E-state index in [0.717, 1.165) is 0 Å². The number of amides is 3. The summed E-state index contributed by atoms with van der Waals surface area (Å²) in [6.07, 6.45) is -1.53. The minimum absolute atomic E-state index is 0.0544. The second kappa shape index (κ2) is 14.4. The summed E-state index contributed by atoms with van der Waals surface area (Å²) in [6, 6.07) is 12.2. The first-order valence-corrected chi connectivity index (χ1v) is 13.9. The highest BCUT2D eigenvalue weighted by Crippen LogP contribution is 2.09. The van der Waals surface area contributed by atoms with Crippen LogP contribution in [0, 0.1) is 5.41 Å². The van der Waals surface area contributed by atoms with Crippen molar-refractivity contribution in [2.75, 3.05) is 14.1 Å². The molecule has 0 radical (unpaired) electrons. The van der Waals surface area contributed by atoms with Crippen molar-refractivity contribution in [3.63, 3.8) is 0 Å². The van der Waals surface area contributed by atoms with Crippen LogP contribution < -0.4 is 21.1 Å². The van der Waals surface area contributed by atoms with Crippen molar-refractivity contribution >= 4 is 33.6 Å². The van der Waals surface area contributed by atoms with Gasteiger partial charge in [-0.3, -0.25) is 19.8 Å². The average Bonchev–Trinajstić information content (AvgIpc) is 2.88. The lowest BCUT2D eigenvalue weighted by Gasteiger charge is -2.25. The lowest BCUT2D eigenvalue weighted by atomic mass is 10.1. The number of carbonyl (C=O) groups excluding carboxylic acids is 3. The standard InChI is InChI=1S/C26H36N6O6S/c1-17(33)23(31-39(37,38)16-19-7-5-4-6-8-19)26(36)30-21(13-14-22(34)32(2)3)25(35)29-15-18-9-11-20(12-10-18)24(27)28/h4-12,17,21,23,31,33H,13-16H2,1-3H3,(H3,27,28)(H,29,35)(H,30,36)/t17?,21-,23+/m0/s1. The molecule has 0 saturated heterocycles. The number of nitrogens with zero attached hydrogens (tertiary/aromatic N) is 1. The van der Waals surface area contributed by atoms with E-state index in [2.05, 4.69) is 15.4 Å². The van der Waals surface area contributed by atoms with Crippen molar-refractivity contribution in [2.45, 2.75) is 50.3 Å². The Morgan fingerprint density at radius 2 is 1.62 bits per heavy atom. The van der Waals surface area contributed by atoms with E-state index in [1.54, 1.807) is 68.7 Å². The molecule has 3 atom stereocenters. The van der Waals surface area contributed by atoms with Crippen LogP contribution in [-0.2, 0) is 36.7 Å². The number of nitrogen functional groups attached to an aromatic ring is 1. The summed E-state index contributed by atoms with van der Waals surface area (Å²) < 4.78 is 27.6. The number of nitrogens with two attached hydrogens (primary N) is 1. The van der Waals surface area contributed by atoms with Crippen LogP contribution in [-0.4, -0.2) is 74.3 Å². The number of aliphatic hydroxyl groups excluding tert-OH is 1. The number of nitrogens with one attached hydrogen (secondary N) is 4. The second-order valence-electron chi connectivity index (χ2n) is 9.30. The highest BCUT2D eigenvalue weighted by molar-refractivity contribution is 7.88. The van der Waals surface area contributed by atoms with Gasteiger partial charge in [0.2, 0.25) is 27.7 Å². The molecule has 0 heterocycles. The first-order chi connectivity index (χ1) is 18.3. The average molecular weight is 561 g/mol. The molecule has 212 valence electrons. The molecule has 0 aliphatic carbocycles. The third-order valence-electron chi connectivity index (χ3n) is 5.78. The molecule has 0 fully saturated rings. The Balaban J connectivity index is 2.14. The van der Waals surface area contributed by atoms with Gasteiger partial charge in [-0.15, -0.1) is 0 Å². The zero-order chi connectivity index (χ0) is 29.2. The topological polar surface area (TPSA) is 195 Å². The Bertz CT molecular complexity index is 1250. The quantitative estimate of drug-likeness (QED) is 0.136. The molecule has 0 spiro atoms. The van der Waals surface area contributed by atoms with Crippen LogP contribution in [0.4, 0.5) is 0 Å². The van der Waals surface area contributed by atoms with E-state index >= 15 is 0 Å². The largest absolute Gasteiger partial charge is 0.391 e. The fraction of sp³-hybridized carbons (Fsp3) is 0.385. The van der Waals surface area contributed by atoms with E-state index in [1.165, 1.54) is 11.8 Å². The molecule has 39 heavy (non-hydrogen) atoms. The lowest BCUT2D eigenvalue weighted by molar-refractivity contribution is -0.133. The van der Waals surface area contributed by atoms with Crippen molar-refractivity contribution in [1.82, 2.24) is 20.3 Å². The Morgan fingerprint density at radius 3 is 2.15 bits per heavy atom. The van der Waals surface area contributed by atoms with Gasteiger partial charge in [0, 0.05) is 32.6 Å². The third-order valence-corrected chi connectivity index (χ3v) is 7.11. The smallest absolute Gasteiger partial charge is 0.242 e. The van der Waals surface area contributed by atoms with Gasteiger partial charge in [0.25, 0.3) is 0 Å². The molecule has 0 aliphatic rings. The maximum absolute atomic E-state index is 13.1. The first-order valence-electron chi connectivity index (χ1n) is 12.2. The van der Waals surface area contributed by atoms with E-state index in [9.17, 15) is 27.9 Å². The van der Waals surface area contributed by atoms with Crippen LogP contribution in [0.25, 0.3) is 0 Å². The first kappa shape index (κ1) is 31.4. The molecule has 0 saturated carbocycles. The number of sulfonamides is 1. The summed E-state index contributed by atoms with van der Waals surface area (Å²) >= 11 is 0. The third kappa shape index (κ3) is 10.5. The number of amidine groups is 1. The summed E-state index contributed by atoms with van der Waals surface area (Å²) in [4.78, 5) is 39.6. The van der Waals surface area contributed by atoms with Gasteiger partial charge in [-0.2, -0.15) is 4.72 Å². The van der Waals surface area contributed by atoms with Crippen LogP contribution in [0.1, 0.15) is 36.5 Å². The Morgan fingerprint density at radius 1 is 1.00 bits per heavy atom. The summed E-state index contributed by atoms with van der Waals surface area (Å²) in [7, 11) is -0.907. The minimum atomic E-state index is -4.03. The van der Waals surface area contributed by atoms with E-state index in [1.807, 2.05) is 0 Å². The van der Waals surface area contributed by atoms with Gasteiger partial charge in [0.1, 0.15) is 17.9 Å². The van der Waals surface area contributed by atoms with Crippen molar-refractivity contribution in [3.8, 4) is 0 Å². The molecule has 2 rings (SSSR count). The highest BCUT2D eigenvalue weighted by atomic mass is 32.2. The Hall–Kier alpha value is -3.81. The number of benzene rings is 2. The zero-order valence-electron chi connectivity index (χ0n) is 22.2. The van der Waals surface area contributed by atoms with Gasteiger partial charge in [-0.25, -0.2) is 8.42 Å². The van der Waals surface area contributed by atoms with Crippen LogP contribution in [0.3, 0.4) is 0 Å². The van der Waals surface area contributed by atoms with Gasteiger partial charge in [0.05, 0.1) is 11.9 Å². The van der Waals surface area contributed by atoms with Crippen molar-refractivity contribution in [1.29, 1.82) is 5.41 Å². The number of carbonyl (C=O) groups is 3. The van der Waals surface area contributed by atoms with Crippen LogP contribution >= 0.6 is 0 Å². The van der Waals surface area contributed by atoms with Gasteiger partial charge in [-0.05, 0) is 24.5 Å². The monoisotopic (exact) mass is 560 g/mol. The van der Waals surface area contributed by atoms with E-state index < -0.39 is 45.8 Å². The summed E-state index contributed by atoms with van der Waals surface area (Å²) in [6.45, 7) is 1.35. The number of hydrogen-bond donors (Lipinski definition) is 6. The molecule has 0 aliphatic heterocycles. The van der Waals surface area contributed by atoms with Crippen molar-refractivity contribution in [3.05, 3.63) is 71.3 Å². The maximum Gasteiger partial charge on any atom is 0.242 e. The van der Waals surface area contributed by atoms with Gasteiger partial charge in [0.15, 0.2) is 0 Å². The summed E-state index contributed by atoms with van der Waals surface area (Å²) in [5, 5.41) is 22.8. The van der Waals surface area contributed by atoms with Gasteiger partial charge >= 0.3 is 0 Å². The number of rotatable bonds is 14. The van der Waals surface area contributed by atoms with E-state index in [0.29, 0.717) is 16.7 Å². The maximum atomic E-state index is 13.1. The lowest BCUT2D eigenvalue weighted by Crippen LogP contribution is -2.57. The van der Waals surface area contributed by atoms with E-state index in [4.69, 9.17) is 11.1 Å². The Kier molecular flexibility index (Phi) is 11.6. The molecule has 13 heteroatoms. The fourth-order valence-electron chi connectivity index (χ4n) is 3.54. The van der Waals surface area contributed by atoms with E-state index in [-0.39, 0.29) is 31.1 Å². The zero-order valence-corrected chi connectivity index (χ0v) is 23.0. The Labute approximate surface area is 228 Å². The van der Waals surface area contributed by atoms with Gasteiger partial charge < -0.3 is 26.4 Å². The SMILES string of the molecule is CC(O)[C@@H](NS(=O)(=O)Cc1ccccc1)C(=O)N[C@@H](CCC(=O)N(C)C)C(=O)NCc1ccc(C(=N)N)cc1. The molecule has 2 aromatic rings. The minimum Gasteiger partial charge on any atom is -0.391 e. The molecule has 0 aromatic heterocycles. The van der Waals surface area contributed by atoms with Gasteiger partial charge in [-0.1, -0.05) is 54.6 Å². The number of hydrogen-bond acceptors (Lipinski definition) is 7. The molecule has 0 bridgehead atoms. The molecule has 1 unspecified atom stereocenters. The van der Waals surface area contributed by atoms with Crippen LogP contribution in [0.15, 0.2) is 54.6 Å². The highest BCUT2D eigenvalue weighted by Gasteiger charge is 2.32. The number of aliphatic hydroxyl groups is 1. The van der Waals surface area contributed by atoms with Crippen molar-refractivity contribution < 1.29 is 27.9 Å². The molecule has 12 nitrogen and oxygen atoms in total. The second-order valence-corrected chi connectivity index (χ2v) is 11.1. The van der Waals surface area contributed by atoms with Crippen LogP contribution in [0.5, 0.6) is 0 Å². The fourth-order valence-corrected chi connectivity index (χ4v) is 4.94. The molecule has 7 N–H and O–H groups in total. The van der Waals surface area contributed by atoms with Crippen LogP contribution in [0.2, 0.25) is 0 Å². The molecule has 3 amide bonds. The molecular weight excluding hydrogens is 524 g/mol. The predicted molar refractivity (Wildman–Crippen MR) is 147 cm³/mol. The summed E-state index contributed by atoms with van der Waals surface area (Å²) in [5.74, 6) is -2.27. The molecule has 2 aromatic carbocycles. The normalized spacial score (nSPS) is 13.5. The predicted octanol–water partition coefficient (Wildman–Crippen LogP) is -0.191.